The molecule has 0 atom stereocenters. The van der Waals surface area contributed by atoms with E-state index in [9.17, 15) is 0 Å². The van der Waals surface area contributed by atoms with Gasteiger partial charge in [-0.25, -0.2) is 25.3 Å². The van der Waals surface area contributed by atoms with Crippen LogP contribution in [0.2, 0.25) is 0 Å². The Kier molecular flexibility index (Phi) is 15.5. The second kappa shape index (κ2) is 11.0. The Morgan fingerprint density at radius 1 is 0.526 bits per heavy atom. The number of hydrogen-bond acceptors (Lipinski definition) is 12. The first-order valence-corrected chi connectivity index (χ1v) is 6.69. The van der Waals surface area contributed by atoms with Crippen molar-refractivity contribution in [2.24, 2.45) is 13.7 Å². The van der Waals surface area contributed by atoms with Gasteiger partial charge in [-0.2, -0.15) is 0 Å². The van der Waals surface area contributed by atoms with Crippen LogP contribution in [-0.4, -0.2) is 38.9 Å². The Bertz CT molecular complexity index is 445. The summed E-state index contributed by atoms with van der Waals surface area (Å²) >= 11 is 0. The average molecular weight is 431 g/mol. The summed E-state index contributed by atoms with van der Waals surface area (Å²) in [6.07, 6.45) is 0. The second-order valence-corrected chi connectivity index (χ2v) is 4.52. The van der Waals surface area contributed by atoms with Crippen LogP contribution in [-0.2, 0) is 50.4 Å². The van der Waals surface area contributed by atoms with E-state index in [0.29, 0.717) is 0 Å². The fourth-order valence-electron chi connectivity index (χ4n) is 0. The summed E-state index contributed by atoms with van der Waals surface area (Å²) in [6, 6.07) is 0. The molecule has 0 saturated carbocycles. The van der Waals surface area contributed by atoms with Crippen LogP contribution in [0.1, 0.15) is 0 Å². The largest absolute Gasteiger partial charge is 3.00 e. The number of nitroso groups, excluding NO2 is 3. The summed E-state index contributed by atoms with van der Waals surface area (Å²) in [5.74, 6) is 0. The summed E-state index contributed by atoms with van der Waals surface area (Å²) in [4.78, 5) is 26.0. The van der Waals surface area contributed by atoms with Gasteiger partial charge in [0.05, 0.1) is 13.7 Å². The maximum Gasteiger partial charge on any atom is 3.00 e. The van der Waals surface area contributed by atoms with Gasteiger partial charge in [0.25, 0.3) is 0 Å². The summed E-state index contributed by atoms with van der Waals surface area (Å²) in [5.41, 5.74) is 0. The Hall–Kier alpha value is -0.847. The van der Waals surface area contributed by atoms with E-state index in [1.807, 2.05) is 0 Å². The molecule has 0 aliphatic carbocycles. The van der Waals surface area contributed by atoms with Crippen LogP contribution in [0.25, 0.3) is 0 Å². The first kappa shape index (κ1) is 26.7. The molecule has 113 valence electrons. The average Bonchev–Trinajstić information content (AvgIpc) is 2.16. The van der Waals surface area contributed by atoms with E-state index in [-0.39, 0.29) is 19.5 Å². The van der Waals surface area contributed by atoms with Gasteiger partial charge in [-0.1, -0.05) is 0 Å². The minimum Gasteiger partial charge on any atom is -0.727 e. The van der Waals surface area contributed by atoms with Crippen LogP contribution in [0.3, 0.4) is 0 Å². The first-order chi connectivity index (χ1) is 7.68. The van der Waals surface area contributed by atoms with Crippen LogP contribution in [0.15, 0.2) is 13.7 Å². The van der Waals surface area contributed by atoms with Gasteiger partial charge in [-0.3, -0.25) is 0 Å². The van der Waals surface area contributed by atoms with Crippen molar-refractivity contribution in [1.82, 2.24) is 0 Å². The topological polar surface area (TPSA) is 260 Å². The van der Waals surface area contributed by atoms with Crippen LogP contribution in [0.4, 0.5) is 0 Å². The monoisotopic (exact) mass is 432 g/mol. The maximum absolute atomic E-state index is 8.97. The molecule has 0 rings (SSSR count). The molecule has 0 saturated heterocycles. The molecule has 15 nitrogen and oxygen atoms in total. The number of hydrogen-bond donors (Lipinski definition) is 0. The van der Waals surface area contributed by atoms with Crippen LogP contribution in [0, 0.1) is 14.7 Å². The molecule has 0 aromatic rings. The zero-order valence-corrected chi connectivity index (χ0v) is 12.0. The van der Waals surface area contributed by atoms with Crippen LogP contribution >= 0.6 is 0 Å². The first-order valence-electron chi connectivity index (χ1n) is 2.60. The predicted molar refractivity (Wildman–Crippen MR) is 46.5 cm³/mol. The van der Waals surface area contributed by atoms with Crippen LogP contribution < -0.4 is 0 Å². The SMILES string of the molecule is O=NS(=O)(=O)[O-].O=NS(=O)(=O)[O-].O=NS(=O)(=O)[O-].[Ru+3]. The summed E-state index contributed by atoms with van der Waals surface area (Å²) in [7, 11) is -14.5. The molecule has 0 N–H and O–H groups in total. The van der Waals surface area contributed by atoms with E-state index < -0.39 is 30.9 Å². The molecule has 0 aliphatic rings. The third-order valence-electron chi connectivity index (χ3n) is 0.274. The molecule has 0 amide bonds. The van der Waals surface area contributed by atoms with Crippen molar-refractivity contribution in [3.05, 3.63) is 14.7 Å². The summed E-state index contributed by atoms with van der Waals surface area (Å²) in [6.45, 7) is 0. The van der Waals surface area contributed by atoms with Crippen molar-refractivity contribution in [2.75, 3.05) is 0 Å². The third kappa shape index (κ3) is 59.3. The molecule has 0 aromatic heterocycles. The zero-order chi connectivity index (χ0) is 15.6. The molecule has 1 radical (unpaired) electrons. The van der Waals surface area contributed by atoms with E-state index >= 15 is 0 Å². The minimum absolute atomic E-state index is 0. The molecule has 19 heavy (non-hydrogen) atoms. The smallest absolute Gasteiger partial charge is 0.727 e. The molecular formula is N3O12RuS3. The van der Waals surface area contributed by atoms with Gasteiger partial charge in [0, 0.05) is 0 Å². The summed E-state index contributed by atoms with van der Waals surface area (Å²) < 4.78 is 84.2. The van der Waals surface area contributed by atoms with Gasteiger partial charge in [-0.15, -0.1) is 14.7 Å². The van der Waals surface area contributed by atoms with Crippen molar-refractivity contribution in [2.45, 2.75) is 0 Å². The molecule has 0 fully saturated rings. The van der Waals surface area contributed by atoms with Gasteiger partial charge < -0.3 is 13.7 Å². The second-order valence-electron chi connectivity index (χ2n) is 1.51. The molecule has 19 heteroatoms. The van der Waals surface area contributed by atoms with Gasteiger partial charge in [0.1, 0.15) is 0 Å². The quantitative estimate of drug-likeness (QED) is 0.258. The van der Waals surface area contributed by atoms with Crippen molar-refractivity contribution in [1.29, 1.82) is 0 Å². The maximum atomic E-state index is 8.97. The van der Waals surface area contributed by atoms with E-state index in [0.717, 1.165) is 0 Å². The van der Waals surface area contributed by atoms with Gasteiger partial charge in [0.15, 0.2) is 0 Å². The Labute approximate surface area is 118 Å². The Morgan fingerprint density at radius 3 is 0.579 bits per heavy atom. The molecule has 0 unspecified atom stereocenters. The number of nitrogens with zero attached hydrogens (tertiary/aromatic N) is 3. The zero-order valence-electron chi connectivity index (χ0n) is 7.82. The standard InChI is InChI=1S/3HNO4S.Ru/c3*2-1-6(3,4)5;/h3*(H,3,4,5);/q;;;+3/p-3. The fraction of sp³-hybridized carbons (Fsp3) is 0. The predicted octanol–water partition coefficient (Wildman–Crippen LogP) is -2.36. The molecule has 0 aromatic carbocycles. The summed E-state index contributed by atoms with van der Waals surface area (Å²) in [5, 5.41) is 0. The van der Waals surface area contributed by atoms with E-state index in [4.69, 9.17) is 53.6 Å². The van der Waals surface area contributed by atoms with E-state index in [2.05, 4.69) is 0 Å². The van der Waals surface area contributed by atoms with Gasteiger partial charge in [-0.05, 0) is 0 Å². The Morgan fingerprint density at radius 2 is 0.579 bits per heavy atom. The van der Waals surface area contributed by atoms with Crippen molar-refractivity contribution in [3.63, 3.8) is 0 Å². The van der Waals surface area contributed by atoms with Crippen molar-refractivity contribution in [3.8, 4) is 0 Å². The van der Waals surface area contributed by atoms with Crippen molar-refractivity contribution >= 4 is 30.9 Å². The molecule has 0 bridgehead atoms. The van der Waals surface area contributed by atoms with Crippen LogP contribution in [0.5, 0.6) is 0 Å². The van der Waals surface area contributed by atoms with Gasteiger partial charge in [0.2, 0.25) is 30.9 Å². The number of rotatable bonds is 3. The molecule has 0 heterocycles. The van der Waals surface area contributed by atoms with Crippen molar-refractivity contribution < 1.29 is 58.4 Å². The van der Waals surface area contributed by atoms with Gasteiger partial charge >= 0.3 is 19.5 Å². The molecule has 0 spiro atoms. The normalized spacial score (nSPS) is 10.3. The Balaban J connectivity index is -0.0000000865. The molecular weight excluding hydrogens is 431 g/mol. The minimum atomic E-state index is -4.84. The fourth-order valence-corrected chi connectivity index (χ4v) is 0. The van der Waals surface area contributed by atoms with E-state index in [1.54, 1.807) is 0 Å². The molecule has 0 aliphatic heterocycles. The third-order valence-corrected chi connectivity index (χ3v) is 0.822. The van der Waals surface area contributed by atoms with E-state index in [1.165, 1.54) is 13.7 Å².